The minimum absolute atomic E-state index is 0. The van der Waals surface area contributed by atoms with E-state index in [0.29, 0.717) is 6.61 Å². The van der Waals surface area contributed by atoms with E-state index in [9.17, 15) is 0 Å². The summed E-state index contributed by atoms with van der Waals surface area (Å²) >= 11 is 0. The van der Waals surface area contributed by atoms with Crippen LogP contribution < -0.4 is 29.6 Å². The first-order valence-electron chi connectivity index (χ1n) is 2.96. The van der Waals surface area contributed by atoms with Gasteiger partial charge in [-0.05, 0) is 13.8 Å². The van der Waals surface area contributed by atoms with Gasteiger partial charge in [0, 0.05) is 12.7 Å². The Hall–Kier alpha value is 0.460. The third-order valence-corrected chi connectivity index (χ3v) is 0.976. The zero-order valence-corrected chi connectivity index (χ0v) is 8.59. The molecule has 10 heavy (non-hydrogen) atoms. The molecule has 0 aromatic carbocycles. The molecule has 52 valence electrons. The second kappa shape index (κ2) is 5.16. The predicted octanol–water partition coefficient (Wildman–Crippen LogP) is -1.78. The zero-order valence-electron chi connectivity index (χ0n) is 6.59. The van der Waals surface area contributed by atoms with Gasteiger partial charge in [-0.2, -0.15) is 4.89 Å². The molecule has 1 unspecified atom stereocenters. The molecule has 0 spiro atoms. The van der Waals surface area contributed by atoms with Crippen molar-refractivity contribution in [1.29, 1.82) is 0 Å². The van der Waals surface area contributed by atoms with Gasteiger partial charge in [0.25, 0.3) is 0 Å². The first kappa shape index (κ1) is 10.5. The molecule has 3 nitrogen and oxygen atoms in total. The summed E-state index contributed by atoms with van der Waals surface area (Å²) in [7, 11) is 0. The van der Waals surface area contributed by atoms with Crippen molar-refractivity contribution in [3.63, 3.8) is 0 Å². The maximum atomic E-state index is 5.05. The first-order valence-corrected chi connectivity index (χ1v) is 2.96. The Labute approximate surface area is 82.6 Å². The fourth-order valence-corrected chi connectivity index (χ4v) is 0.611. The molecule has 1 rings (SSSR count). The van der Waals surface area contributed by atoms with Gasteiger partial charge in [0.2, 0.25) is 6.29 Å². The third-order valence-electron chi connectivity index (χ3n) is 0.976. The quantitative estimate of drug-likeness (QED) is 0.347. The largest absolute Gasteiger partial charge is 1.00 e. The van der Waals surface area contributed by atoms with Gasteiger partial charge in [0.15, 0.2) is 0 Å². The third kappa shape index (κ3) is 3.03. The van der Waals surface area contributed by atoms with Crippen molar-refractivity contribution in [2.75, 3.05) is 6.61 Å². The first-order chi connectivity index (χ1) is 4.33. The van der Waals surface area contributed by atoms with Gasteiger partial charge in [-0.1, -0.05) is 0 Å². The van der Waals surface area contributed by atoms with Crippen LogP contribution in [0.5, 0.6) is 0 Å². The van der Waals surface area contributed by atoms with Crippen LogP contribution in [0.1, 0.15) is 13.8 Å². The van der Waals surface area contributed by atoms with E-state index >= 15 is 0 Å². The average molecular weight is 153 g/mol. The number of hydrogen-bond acceptors (Lipinski definition) is 3. The molecule has 1 atom stereocenters. The molecule has 0 aromatic heterocycles. The van der Waals surface area contributed by atoms with E-state index in [-0.39, 0.29) is 35.8 Å². The summed E-state index contributed by atoms with van der Waals surface area (Å²) in [5.74, 6) is 0.758. The predicted molar refractivity (Wildman–Crippen MR) is 31.3 cm³/mol. The van der Waals surface area contributed by atoms with Crippen molar-refractivity contribution in [2.45, 2.75) is 20.1 Å². The Bertz CT molecular complexity index is 124. The van der Waals surface area contributed by atoms with E-state index in [2.05, 4.69) is 4.89 Å². The maximum Gasteiger partial charge on any atom is 1.00 e. The maximum absolute atomic E-state index is 5.05. The van der Waals surface area contributed by atoms with Gasteiger partial charge < -0.3 is 9.62 Å². The molecule has 1 heterocycles. The van der Waals surface area contributed by atoms with Crippen LogP contribution >= 0.6 is 0 Å². The molecule has 0 aromatic rings. The summed E-state index contributed by atoms with van der Waals surface area (Å²) in [6, 6.07) is 0. The topological polar surface area (TPSA) is 27.7 Å². The molecule has 0 saturated heterocycles. The van der Waals surface area contributed by atoms with E-state index in [1.165, 1.54) is 0 Å². The van der Waals surface area contributed by atoms with Crippen molar-refractivity contribution in [2.24, 2.45) is 0 Å². The fraction of sp³-hybridized carbons (Fsp3) is 0.667. The molecule has 1 aliphatic rings. The van der Waals surface area contributed by atoms with Crippen LogP contribution in [0.25, 0.3) is 0 Å². The summed E-state index contributed by atoms with van der Waals surface area (Å²) in [6.45, 7) is 4.36. The standard InChI is InChI=1S/C6H10O3.Na/c1-3-7-6-4-5(2)8-9-6;/h4,6H,3H2,1-2H3;/q;+1. The molecule has 0 amide bonds. The normalized spacial score (nSPS) is 23.0. The van der Waals surface area contributed by atoms with Gasteiger partial charge in [-0.3, -0.25) is 0 Å². The van der Waals surface area contributed by atoms with E-state index in [1.54, 1.807) is 6.08 Å². The zero-order chi connectivity index (χ0) is 6.69. The van der Waals surface area contributed by atoms with E-state index < -0.39 is 0 Å². The Morgan fingerprint density at radius 3 is 2.80 bits per heavy atom. The van der Waals surface area contributed by atoms with Crippen molar-refractivity contribution < 1.29 is 44.1 Å². The monoisotopic (exact) mass is 153 g/mol. The molecular weight excluding hydrogens is 143 g/mol. The number of hydrogen-bond donors (Lipinski definition) is 0. The number of allylic oxidation sites excluding steroid dienone is 1. The molecule has 0 fully saturated rings. The van der Waals surface area contributed by atoms with Crippen LogP contribution in [0.15, 0.2) is 11.8 Å². The van der Waals surface area contributed by atoms with Crippen LogP contribution in [0.3, 0.4) is 0 Å². The summed E-state index contributed by atoms with van der Waals surface area (Å²) in [6.07, 6.45) is 1.48. The molecule has 4 heteroatoms. The minimum atomic E-state index is -0.296. The van der Waals surface area contributed by atoms with E-state index in [1.807, 2.05) is 13.8 Å². The molecule has 1 aliphatic heterocycles. The molecule has 0 radical (unpaired) electrons. The second-order valence-electron chi connectivity index (χ2n) is 1.78. The molecule has 0 saturated carbocycles. The summed E-state index contributed by atoms with van der Waals surface area (Å²) < 4.78 is 5.05. The Morgan fingerprint density at radius 2 is 2.40 bits per heavy atom. The number of rotatable bonds is 2. The Morgan fingerprint density at radius 1 is 1.70 bits per heavy atom. The van der Waals surface area contributed by atoms with E-state index in [4.69, 9.17) is 9.62 Å². The van der Waals surface area contributed by atoms with E-state index in [0.717, 1.165) is 5.76 Å². The van der Waals surface area contributed by atoms with Crippen molar-refractivity contribution in [3.8, 4) is 0 Å². The SMILES string of the molecule is CCOC1C=C(C)OO1.[Na+]. The summed E-state index contributed by atoms with van der Waals surface area (Å²) in [5, 5.41) is 0. The second-order valence-corrected chi connectivity index (χ2v) is 1.78. The van der Waals surface area contributed by atoms with Gasteiger partial charge in [0.05, 0.1) is 0 Å². The summed E-state index contributed by atoms with van der Waals surface area (Å²) in [4.78, 5) is 9.34. The fourth-order valence-electron chi connectivity index (χ4n) is 0.611. The van der Waals surface area contributed by atoms with Crippen LogP contribution in [0.2, 0.25) is 0 Å². The smallest absolute Gasteiger partial charge is 0.346 e. The van der Waals surface area contributed by atoms with Crippen LogP contribution in [0.4, 0.5) is 0 Å². The Kier molecular flexibility index (Phi) is 5.39. The molecular formula is C6H10NaO3+. The van der Waals surface area contributed by atoms with Crippen LogP contribution in [-0.4, -0.2) is 12.9 Å². The molecule has 0 aliphatic carbocycles. The van der Waals surface area contributed by atoms with Crippen LogP contribution in [-0.2, 0) is 14.5 Å². The summed E-state index contributed by atoms with van der Waals surface area (Å²) in [5.41, 5.74) is 0. The van der Waals surface area contributed by atoms with Gasteiger partial charge >= 0.3 is 29.6 Å². The van der Waals surface area contributed by atoms with Gasteiger partial charge in [0.1, 0.15) is 5.76 Å². The van der Waals surface area contributed by atoms with Gasteiger partial charge in [-0.25, -0.2) is 0 Å². The van der Waals surface area contributed by atoms with Crippen molar-refractivity contribution >= 4 is 0 Å². The Balaban J connectivity index is 0.000000810. The molecule has 0 N–H and O–H groups in total. The number of ether oxygens (including phenoxy) is 1. The van der Waals surface area contributed by atoms with Crippen molar-refractivity contribution in [3.05, 3.63) is 11.8 Å². The van der Waals surface area contributed by atoms with Crippen LogP contribution in [0, 0.1) is 0 Å². The molecule has 0 bridgehead atoms. The van der Waals surface area contributed by atoms with Crippen molar-refractivity contribution in [1.82, 2.24) is 0 Å². The van der Waals surface area contributed by atoms with Gasteiger partial charge in [-0.15, -0.1) is 0 Å². The minimum Gasteiger partial charge on any atom is -0.346 e. The average Bonchev–Trinajstić information content (AvgIpc) is 2.17.